The average Bonchev–Trinajstić information content (AvgIpc) is 2.25. The molecular weight excluding hydrogens is 329 g/mol. The summed E-state index contributed by atoms with van der Waals surface area (Å²) in [4.78, 5) is -0.380. The number of nitrogen functional groups attached to an aromatic ring is 1. The van der Waals surface area contributed by atoms with Crippen LogP contribution in [0.2, 0.25) is 0 Å². The normalized spacial score (nSPS) is 15.2. The number of nitrogens with zero attached hydrogens (tertiary/aromatic N) is 2. The molecule has 0 fully saturated rings. The summed E-state index contributed by atoms with van der Waals surface area (Å²) in [5.74, 6) is 0. The summed E-state index contributed by atoms with van der Waals surface area (Å²) in [7, 11) is -4.36. The van der Waals surface area contributed by atoms with Gasteiger partial charge in [0.1, 0.15) is 10.1 Å². The fourth-order valence-corrected chi connectivity index (χ4v) is 2.44. The minimum Gasteiger partial charge on any atom is -0.398 e. The van der Waals surface area contributed by atoms with Gasteiger partial charge in [-0.2, -0.15) is 8.42 Å². The number of rotatable bonds is 3. The Labute approximate surface area is 124 Å². The molecule has 0 unspecified atom stereocenters. The van der Waals surface area contributed by atoms with Gasteiger partial charge in [0.15, 0.2) is 5.17 Å². The van der Waals surface area contributed by atoms with E-state index in [9.17, 15) is 8.42 Å². The summed E-state index contributed by atoms with van der Waals surface area (Å²) in [6.07, 6.45) is 1.40. The van der Waals surface area contributed by atoms with Crippen molar-refractivity contribution in [3.8, 4) is 0 Å². The molecule has 2 rings (SSSR count). The minimum absolute atomic E-state index is 0.119. The fourth-order valence-electron chi connectivity index (χ4n) is 1.42. The van der Waals surface area contributed by atoms with Crippen LogP contribution in [0.5, 0.6) is 0 Å². The van der Waals surface area contributed by atoms with E-state index in [0.717, 1.165) is 11.3 Å². The Morgan fingerprint density at radius 2 is 2.10 bits per heavy atom. The third-order valence-electron chi connectivity index (χ3n) is 2.18. The SMILES string of the molecule is Nc1cc(NN2N=C(Cl)C=C(Cl)N2)ccc1S(=O)(=O)O. The number of allylic oxidation sites excluding steroid dienone is 1. The van der Waals surface area contributed by atoms with Gasteiger partial charge in [0.05, 0.1) is 11.4 Å². The number of halogens is 2. The van der Waals surface area contributed by atoms with Crippen LogP contribution in [0, 0.1) is 0 Å². The van der Waals surface area contributed by atoms with Crippen LogP contribution in [0.4, 0.5) is 11.4 Å². The number of nitrogens with two attached hydrogens (primary N) is 1. The lowest BCUT2D eigenvalue weighted by molar-refractivity contribution is 0.280. The van der Waals surface area contributed by atoms with Gasteiger partial charge in [-0.05, 0) is 18.2 Å². The second-order valence-electron chi connectivity index (χ2n) is 3.68. The van der Waals surface area contributed by atoms with E-state index in [-0.39, 0.29) is 20.9 Å². The lowest BCUT2D eigenvalue weighted by Gasteiger charge is -2.24. The Morgan fingerprint density at radius 3 is 2.65 bits per heavy atom. The molecule has 108 valence electrons. The molecule has 0 bridgehead atoms. The van der Waals surface area contributed by atoms with Gasteiger partial charge in [0.25, 0.3) is 10.1 Å². The molecule has 1 heterocycles. The van der Waals surface area contributed by atoms with Crippen molar-refractivity contribution in [1.82, 2.24) is 10.7 Å². The van der Waals surface area contributed by atoms with Gasteiger partial charge in [-0.25, -0.2) is 0 Å². The number of hydrogen-bond acceptors (Lipinski definition) is 7. The second kappa shape index (κ2) is 5.37. The molecule has 0 aromatic heterocycles. The number of nitrogens with one attached hydrogen (secondary N) is 2. The number of benzene rings is 1. The molecule has 0 radical (unpaired) electrons. The van der Waals surface area contributed by atoms with Crippen LogP contribution in [0.15, 0.2) is 39.4 Å². The molecule has 11 heteroatoms. The van der Waals surface area contributed by atoms with Crippen LogP contribution < -0.4 is 16.6 Å². The molecule has 0 saturated carbocycles. The van der Waals surface area contributed by atoms with Crippen molar-refractivity contribution in [3.05, 3.63) is 29.4 Å². The van der Waals surface area contributed by atoms with Gasteiger partial charge < -0.3 is 5.73 Å². The molecule has 0 spiro atoms. The van der Waals surface area contributed by atoms with E-state index in [1.807, 2.05) is 0 Å². The number of hydrazone groups is 1. The molecule has 20 heavy (non-hydrogen) atoms. The van der Waals surface area contributed by atoms with E-state index in [0.29, 0.717) is 5.69 Å². The lowest BCUT2D eigenvalue weighted by atomic mass is 10.3. The number of anilines is 2. The van der Waals surface area contributed by atoms with Gasteiger partial charge in [0, 0.05) is 6.08 Å². The van der Waals surface area contributed by atoms with Crippen LogP contribution in [0.25, 0.3) is 0 Å². The van der Waals surface area contributed by atoms with Crippen molar-refractivity contribution in [2.75, 3.05) is 11.2 Å². The van der Waals surface area contributed by atoms with Crippen molar-refractivity contribution >= 4 is 49.9 Å². The first kappa shape index (κ1) is 14.7. The predicted octanol–water partition coefficient (Wildman–Crippen LogP) is 1.30. The van der Waals surface area contributed by atoms with Crippen LogP contribution in [0.1, 0.15) is 0 Å². The van der Waals surface area contributed by atoms with Crippen molar-refractivity contribution in [2.45, 2.75) is 4.90 Å². The zero-order valence-electron chi connectivity index (χ0n) is 9.71. The molecule has 1 aliphatic rings. The topological polar surface area (TPSA) is 120 Å². The summed E-state index contributed by atoms with van der Waals surface area (Å²) in [5, 5.41) is 5.35. The Bertz CT molecular complexity index is 704. The third kappa shape index (κ3) is 3.45. The van der Waals surface area contributed by atoms with E-state index in [1.165, 1.54) is 18.2 Å². The summed E-state index contributed by atoms with van der Waals surface area (Å²) >= 11 is 11.5. The first-order valence-corrected chi connectivity index (χ1v) is 7.27. The van der Waals surface area contributed by atoms with E-state index >= 15 is 0 Å². The van der Waals surface area contributed by atoms with Gasteiger partial charge in [0.2, 0.25) is 0 Å². The maximum atomic E-state index is 11.0. The smallest absolute Gasteiger partial charge is 0.296 e. The van der Waals surface area contributed by atoms with Crippen LogP contribution >= 0.6 is 23.2 Å². The zero-order valence-corrected chi connectivity index (χ0v) is 12.0. The summed E-state index contributed by atoms with van der Waals surface area (Å²) in [6.45, 7) is 0. The zero-order chi connectivity index (χ0) is 14.9. The second-order valence-corrected chi connectivity index (χ2v) is 5.86. The average molecular weight is 338 g/mol. The van der Waals surface area contributed by atoms with Crippen molar-refractivity contribution in [1.29, 1.82) is 0 Å². The summed E-state index contributed by atoms with van der Waals surface area (Å²) in [5.41, 5.74) is 11.2. The predicted molar refractivity (Wildman–Crippen MR) is 76.5 cm³/mol. The maximum Gasteiger partial charge on any atom is 0.296 e. The fraction of sp³-hybridized carbons (Fsp3) is 0. The van der Waals surface area contributed by atoms with Gasteiger partial charge in [-0.3, -0.25) is 15.4 Å². The first-order chi connectivity index (χ1) is 9.25. The molecule has 5 N–H and O–H groups in total. The van der Waals surface area contributed by atoms with Crippen molar-refractivity contribution in [2.24, 2.45) is 5.10 Å². The first-order valence-electron chi connectivity index (χ1n) is 5.07. The van der Waals surface area contributed by atoms with Crippen LogP contribution in [-0.4, -0.2) is 23.4 Å². The minimum atomic E-state index is -4.36. The molecule has 0 aliphatic carbocycles. The Kier molecular flexibility index (Phi) is 3.95. The largest absolute Gasteiger partial charge is 0.398 e. The maximum absolute atomic E-state index is 11.0. The Balaban J connectivity index is 2.20. The highest BCUT2D eigenvalue weighted by Gasteiger charge is 2.15. The summed E-state index contributed by atoms with van der Waals surface area (Å²) < 4.78 is 31.0. The highest BCUT2D eigenvalue weighted by Crippen LogP contribution is 2.23. The highest BCUT2D eigenvalue weighted by molar-refractivity contribution is 7.86. The molecule has 1 aromatic rings. The Morgan fingerprint density at radius 1 is 1.40 bits per heavy atom. The van der Waals surface area contributed by atoms with E-state index in [2.05, 4.69) is 16.0 Å². The van der Waals surface area contributed by atoms with E-state index < -0.39 is 10.1 Å². The lowest BCUT2D eigenvalue weighted by Crippen LogP contribution is -2.39. The summed E-state index contributed by atoms with van der Waals surface area (Å²) in [6, 6.07) is 3.84. The van der Waals surface area contributed by atoms with Gasteiger partial charge >= 0.3 is 0 Å². The van der Waals surface area contributed by atoms with Gasteiger partial charge in [-0.15, -0.1) is 10.3 Å². The molecule has 8 nitrogen and oxygen atoms in total. The molecule has 1 aliphatic heterocycles. The van der Waals surface area contributed by atoms with Crippen LogP contribution in [0.3, 0.4) is 0 Å². The quantitative estimate of drug-likeness (QED) is 0.372. The van der Waals surface area contributed by atoms with Crippen molar-refractivity contribution < 1.29 is 13.0 Å². The van der Waals surface area contributed by atoms with E-state index in [4.69, 9.17) is 33.5 Å². The highest BCUT2D eigenvalue weighted by atomic mass is 35.5. The molecular formula is C9H9Cl2N5O3S. The number of hydrazine groups is 2. The van der Waals surface area contributed by atoms with Crippen molar-refractivity contribution in [3.63, 3.8) is 0 Å². The third-order valence-corrected chi connectivity index (χ3v) is 3.48. The van der Waals surface area contributed by atoms with E-state index in [1.54, 1.807) is 0 Å². The monoisotopic (exact) mass is 337 g/mol. The number of hydrogen-bond donors (Lipinski definition) is 4. The molecule has 0 amide bonds. The van der Waals surface area contributed by atoms with Crippen LogP contribution in [-0.2, 0) is 10.1 Å². The molecule has 0 atom stereocenters. The standard InChI is InChI=1S/C9H9Cl2N5O3S/c10-8-4-9(11)15-16(14-8)13-5-1-2-7(6(12)3-5)20(17,18)19/h1-4,13-14H,12H2,(H,17,18,19). The molecule has 1 aromatic carbocycles. The van der Waals surface area contributed by atoms with Gasteiger partial charge in [-0.1, -0.05) is 23.2 Å². The molecule has 0 saturated heterocycles. The Hall–Kier alpha value is -1.68.